The van der Waals surface area contributed by atoms with E-state index in [-0.39, 0.29) is 0 Å². The summed E-state index contributed by atoms with van der Waals surface area (Å²) in [6.07, 6.45) is 8.49. The topological polar surface area (TPSA) is 18.5 Å². The Morgan fingerprint density at radius 2 is 2.05 bits per heavy atom. The van der Waals surface area contributed by atoms with E-state index >= 15 is 0 Å². The Morgan fingerprint density at radius 1 is 1.11 bits per heavy atom. The van der Waals surface area contributed by atoms with E-state index in [0.29, 0.717) is 0 Å². The average molecular weight is 265 g/mol. The quantitative estimate of drug-likeness (QED) is 0.841. The van der Waals surface area contributed by atoms with Gasteiger partial charge in [0.15, 0.2) is 0 Å². The maximum Gasteiger partial charge on any atom is 0.0223 e. The number of rotatable bonds is 3. The summed E-state index contributed by atoms with van der Waals surface area (Å²) in [6, 6.07) is 1.63. The first-order valence-electron chi connectivity index (χ1n) is 8.55. The third-order valence-electron chi connectivity index (χ3n) is 5.58. The van der Waals surface area contributed by atoms with Crippen LogP contribution in [0, 0.1) is 5.92 Å². The molecule has 3 atom stereocenters. The number of nitrogens with zero attached hydrogens (tertiary/aromatic N) is 2. The Hall–Kier alpha value is -0.120. The van der Waals surface area contributed by atoms with Crippen molar-refractivity contribution in [3.63, 3.8) is 0 Å². The molecule has 0 spiro atoms. The van der Waals surface area contributed by atoms with Crippen LogP contribution in [0.4, 0.5) is 0 Å². The lowest BCUT2D eigenvalue weighted by atomic mass is 9.90. The lowest BCUT2D eigenvalue weighted by Gasteiger charge is -2.45. The first-order valence-corrected chi connectivity index (χ1v) is 8.55. The fraction of sp³-hybridized carbons (Fsp3) is 1.00. The molecule has 1 N–H and O–H groups in total. The highest BCUT2D eigenvalue weighted by Gasteiger charge is 2.30. The fourth-order valence-corrected chi connectivity index (χ4v) is 4.30. The molecule has 3 unspecified atom stereocenters. The Labute approximate surface area is 118 Å². The number of piperidine rings is 2. The van der Waals surface area contributed by atoms with Gasteiger partial charge in [-0.3, -0.25) is 9.80 Å². The van der Waals surface area contributed by atoms with Crippen LogP contribution in [0.25, 0.3) is 0 Å². The molecule has 3 heteroatoms. The van der Waals surface area contributed by atoms with E-state index in [4.69, 9.17) is 0 Å². The fourth-order valence-electron chi connectivity index (χ4n) is 4.30. The van der Waals surface area contributed by atoms with Gasteiger partial charge in [-0.15, -0.1) is 0 Å². The van der Waals surface area contributed by atoms with E-state index in [1.54, 1.807) is 0 Å². The van der Waals surface area contributed by atoms with Crippen LogP contribution in [0.3, 0.4) is 0 Å². The molecule has 0 aliphatic carbocycles. The van der Waals surface area contributed by atoms with Crippen LogP contribution in [0.1, 0.15) is 45.4 Å². The lowest BCUT2D eigenvalue weighted by Crippen LogP contribution is -2.57. The average Bonchev–Trinajstić information content (AvgIpc) is 2.47. The molecule has 0 aromatic heterocycles. The zero-order valence-corrected chi connectivity index (χ0v) is 12.6. The lowest BCUT2D eigenvalue weighted by molar-refractivity contribution is 0.0415. The van der Waals surface area contributed by atoms with Gasteiger partial charge in [0.05, 0.1) is 0 Å². The van der Waals surface area contributed by atoms with Crippen molar-refractivity contribution in [2.45, 2.75) is 57.5 Å². The number of piperazine rings is 1. The zero-order chi connectivity index (χ0) is 13.1. The molecule has 3 saturated heterocycles. The molecule has 3 fully saturated rings. The SMILES string of the molecule is CCC1CCNC(CN2CCN3CCCCC3C2)C1. The van der Waals surface area contributed by atoms with E-state index in [9.17, 15) is 0 Å². The largest absolute Gasteiger partial charge is 0.313 e. The third-order valence-corrected chi connectivity index (χ3v) is 5.58. The van der Waals surface area contributed by atoms with Crippen molar-refractivity contribution in [3.05, 3.63) is 0 Å². The first kappa shape index (κ1) is 13.8. The standard InChI is InChI=1S/C16H31N3/c1-2-14-6-7-17-15(11-14)12-18-9-10-19-8-4-3-5-16(19)13-18/h14-17H,2-13H2,1H3. The molecule has 3 rings (SSSR count). The molecule has 110 valence electrons. The Morgan fingerprint density at radius 3 is 2.95 bits per heavy atom. The molecule has 0 aromatic carbocycles. The first-order chi connectivity index (χ1) is 9.35. The third kappa shape index (κ3) is 3.50. The summed E-state index contributed by atoms with van der Waals surface area (Å²) in [5, 5.41) is 3.75. The van der Waals surface area contributed by atoms with Gasteiger partial charge in [0.2, 0.25) is 0 Å². The van der Waals surface area contributed by atoms with E-state index in [2.05, 4.69) is 22.0 Å². The van der Waals surface area contributed by atoms with E-state index in [1.807, 2.05) is 0 Å². The van der Waals surface area contributed by atoms with Crippen LogP contribution in [-0.4, -0.2) is 61.2 Å². The van der Waals surface area contributed by atoms with Gasteiger partial charge < -0.3 is 5.32 Å². The van der Waals surface area contributed by atoms with Gasteiger partial charge in [0, 0.05) is 38.3 Å². The number of nitrogens with one attached hydrogen (secondary N) is 1. The second-order valence-corrected chi connectivity index (χ2v) is 6.89. The van der Waals surface area contributed by atoms with Crippen molar-refractivity contribution in [3.8, 4) is 0 Å². The summed E-state index contributed by atoms with van der Waals surface area (Å²) in [6.45, 7) is 10.2. The second kappa shape index (κ2) is 6.55. The van der Waals surface area contributed by atoms with Crippen LogP contribution in [0.15, 0.2) is 0 Å². The van der Waals surface area contributed by atoms with Gasteiger partial charge in [-0.25, -0.2) is 0 Å². The normalized spacial score (nSPS) is 38.1. The maximum atomic E-state index is 3.75. The summed E-state index contributed by atoms with van der Waals surface area (Å²) in [5.74, 6) is 0.974. The summed E-state index contributed by atoms with van der Waals surface area (Å²) < 4.78 is 0. The van der Waals surface area contributed by atoms with Gasteiger partial charge in [0.25, 0.3) is 0 Å². The molecular weight excluding hydrogens is 234 g/mol. The minimum atomic E-state index is 0.758. The van der Waals surface area contributed by atoms with Crippen molar-refractivity contribution in [2.75, 3.05) is 39.3 Å². The molecule has 3 aliphatic heterocycles. The van der Waals surface area contributed by atoms with Crippen LogP contribution < -0.4 is 5.32 Å². The van der Waals surface area contributed by atoms with Crippen molar-refractivity contribution in [1.82, 2.24) is 15.1 Å². The number of fused-ring (bicyclic) bond motifs is 1. The highest BCUT2D eigenvalue weighted by molar-refractivity contribution is 4.88. The van der Waals surface area contributed by atoms with Crippen molar-refractivity contribution >= 4 is 0 Å². The predicted octanol–water partition coefficient (Wildman–Crippen LogP) is 1.93. The zero-order valence-electron chi connectivity index (χ0n) is 12.6. The highest BCUT2D eigenvalue weighted by Crippen LogP contribution is 2.23. The smallest absolute Gasteiger partial charge is 0.0223 e. The summed E-state index contributed by atoms with van der Waals surface area (Å²) in [7, 11) is 0. The minimum absolute atomic E-state index is 0.758. The van der Waals surface area contributed by atoms with Gasteiger partial charge in [0.1, 0.15) is 0 Å². The number of hydrogen-bond acceptors (Lipinski definition) is 3. The Kier molecular flexibility index (Phi) is 4.78. The second-order valence-electron chi connectivity index (χ2n) is 6.89. The highest BCUT2D eigenvalue weighted by atomic mass is 15.3. The molecular formula is C16H31N3. The van der Waals surface area contributed by atoms with Gasteiger partial charge in [-0.1, -0.05) is 19.8 Å². The van der Waals surface area contributed by atoms with Crippen molar-refractivity contribution in [2.24, 2.45) is 5.92 Å². The summed E-state index contributed by atoms with van der Waals surface area (Å²) in [5.41, 5.74) is 0. The predicted molar refractivity (Wildman–Crippen MR) is 80.5 cm³/mol. The van der Waals surface area contributed by atoms with Crippen LogP contribution in [0.5, 0.6) is 0 Å². The Balaban J connectivity index is 1.47. The maximum absolute atomic E-state index is 3.75. The monoisotopic (exact) mass is 265 g/mol. The molecule has 0 amide bonds. The molecule has 0 bridgehead atoms. The minimum Gasteiger partial charge on any atom is -0.313 e. The van der Waals surface area contributed by atoms with Gasteiger partial charge in [-0.05, 0) is 44.7 Å². The van der Waals surface area contributed by atoms with Crippen molar-refractivity contribution in [1.29, 1.82) is 0 Å². The van der Waals surface area contributed by atoms with Crippen molar-refractivity contribution < 1.29 is 0 Å². The van der Waals surface area contributed by atoms with E-state index in [0.717, 1.165) is 18.0 Å². The molecule has 0 aromatic rings. The molecule has 0 radical (unpaired) electrons. The number of hydrogen-bond donors (Lipinski definition) is 1. The summed E-state index contributed by atoms with van der Waals surface area (Å²) in [4.78, 5) is 5.48. The molecule has 3 nitrogen and oxygen atoms in total. The van der Waals surface area contributed by atoms with Crippen LogP contribution in [0.2, 0.25) is 0 Å². The van der Waals surface area contributed by atoms with E-state index in [1.165, 1.54) is 77.8 Å². The molecule has 3 aliphatic rings. The molecule has 19 heavy (non-hydrogen) atoms. The van der Waals surface area contributed by atoms with E-state index < -0.39 is 0 Å². The summed E-state index contributed by atoms with van der Waals surface area (Å²) >= 11 is 0. The van der Waals surface area contributed by atoms with Gasteiger partial charge in [-0.2, -0.15) is 0 Å². The molecule has 3 heterocycles. The van der Waals surface area contributed by atoms with Gasteiger partial charge >= 0.3 is 0 Å². The van der Waals surface area contributed by atoms with Crippen LogP contribution in [-0.2, 0) is 0 Å². The van der Waals surface area contributed by atoms with Crippen LogP contribution >= 0.6 is 0 Å². The Bertz CT molecular complexity index is 281. The molecule has 0 saturated carbocycles.